The van der Waals surface area contributed by atoms with Gasteiger partial charge in [0.05, 0.1) is 11.7 Å². The standard InChI is InChI=1S/C23H21F2N3O3/c24-21(25)30-15-5-6-17-19(12-23(8-2-9-23)31-20(17)11-15)28-22(29)27-18-4-1-3-14-13-26-10-7-16(14)18/h1,3-7,10-11,13,19,21H,2,8-9,12H2,(H2,27,28,29). The first-order chi connectivity index (χ1) is 15.0. The second-order valence-electron chi connectivity index (χ2n) is 7.97. The van der Waals surface area contributed by atoms with Crippen molar-refractivity contribution in [2.75, 3.05) is 5.32 Å². The van der Waals surface area contributed by atoms with E-state index >= 15 is 0 Å². The molecule has 3 aromatic rings. The molecule has 0 radical (unpaired) electrons. The van der Waals surface area contributed by atoms with Crippen LogP contribution in [0.15, 0.2) is 54.9 Å². The van der Waals surface area contributed by atoms with Gasteiger partial charge in [0.1, 0.15) is 17.1 Å². The summed E-state index contributed by atoms with van der Waals surface area (Å²) in [6.07, 6.45) is 6.81. The number of aromatic nitrogens is 1. The van der Waals surface area contributed by atoms with Crippen molar-refractivity contribution in [3.05, 3.63) is 60.4 Å². The number of nitrogens with zero attached hydrogens (tertiary/aromatic N) is 1. The molecule has 2 aliphatic rings. The Morgan fingerprint density at radius 1 is 1.23 bits per heavy atom. The number of nitrogens with one attached hydrogen (secondary N) is 2. The predicted octanol–water partition coefficient (Wildman–Crippen LogP) is 5.40. The SMILES string of the molecule is O=C(Nc1cccc2cnccc12)NC1CC2(CCC2)Oc2cc(OC(F)F)ccc21. The van der Waals surface area contributed by atoms with Gasteiger partial charge in [-0.25, -0.2) is 4.79 Å². The number of halogens is 2. The number of rotatable bonds is 4. The largest absolute Gasteiger partial charge is 0.487 e. The van der Waals surface area contributed by atoms with E-state index in [0.717, 1.165) is 35.6 Å². The zero-order valence-corrected chi connectivity index (χ0v) is 16.6. The zero-order valence-electron chi connectivity index (χ0n) is 16.6. The van der Waals surface area contributed by atoms with E-state index in [1.165, 1.54) is 12.1 Å². The van der Waals surface area contributed by atoms with Gasteiger partial charge in [-0.15, -0.1) is 0 Å². The average molecular weight is 425 g/mol. The van der Waals surface area contributed by atoms with E-state index in [4.69, 9.17) is 4.74 Å². The molecule has 5 rings (SSSR count). The molecular weight excluding hydrogens is 404 g/mol. The van der Waals surface area contributed by atoms with Gasteiger partial charge in [0.2, 0.25) is 0 Å². The number of ether oxygens (including phenoxy) is 2. The van der Waals surface area contributed by atoms with Crippen LogP contribution in [0, 0.1) is 0 Å². The second kappa shape index (κ2) is 7.68. The van der Waals surface area contributed by atoms with Crippen molar-refractivity contribution in [1.29, 1.82) is 0 Å². The average Bonchev–Trinajstić information content (AvgIpc) is 2.72. The summed E-state index contributed by atoms with van der Waals surface area (Å²) in [6.45, 7) is -2.91. The van der Waals surface area contributed by atoms with Gasteiger partial charge < -0.3 is 20.1 Å². The summed E-state index contributed by atoms with van der Waals surface area (Å²) in [5.41, 5.74) is 1.06. The molecule has 2 heterocycles. The number of benzene rings is 2. The Morgan fingerprint density at radius 2 is 2.10 bits per heavy atom. The van der Waals surface area contributed by atoms with Crippen LogP contribution in [0.1, 0.15) is 37.3 Å². The fraction of sp³-hybridized carbons (Fsp3) is 0.304. The maximum Gasteiger partial charge on any atom is 0.387 e. The van der Waals surface area contributed by atoms with Crippen molar-refractivity contribution in [3.63, 3.8) is 0 Å². The van der Waals surface area contributed by atoms with Crippen molar-refractivity contribution in [1.82, 2.24) is 10.3 Å². The van der Waals surface area contributed by atoms with Crippen LogP contribution in [0.25, 0.3) is 10.8 Å². The predicted molar refractivity (Wildman–Crippen MR) is 112 cm³/mol. The molecule has 2 amide bonds. The smallest absolute Gasteiger partial charge is 0.387 e. The lowest BCUT2D eigenvalue weighted by molar-refractivity contribution is -0.0518. The third-order valence-electron chi connectivity index (χ3n) is 5.99. The molecule has 1 aliphatic heterocycles. The zero-order chi connectivity index (χ0) is 21.4. The molecule has 6 nitrogen and oxygen atoms in total. The molecule has 1 spiro atoms. The minimum atomic E-state index is -2.91. The van der Waals surface area contributed by atoms with Crippen LogP contribution in [0.3, 0.4) is 0 Å². The lowest BCUT2D eigenvalue weighted by Gasteiger charge is -2.48. The first kappa shape index (κ1) is 19.5. The van der Waals surface area contributed by atoms with Crippen molar-refractivity contribution in [3.8, 4) is 11.5 Å². The van der Waals surface area contributed by atoms with Gasteiger partial charge in [-0.1, -0.05) is 12.1 Å². The molecule has 1 aromatic heterocycles. The topological polar surface area (TPSA) is 72.5 Å². The maximum atomic E-state index is 12.9. The molecule has 1 unspecified atom stereocenters. The summed E-state index contributed by atoms with van der Waals surface area (Å²) in [7, 11) is 0. The number of carbonyl (C=O) groups is 1. The normalized spacial score (nSPS) is 18.7. The Bertz CT molecular complexity index is 1130. The molecule has 1 fully saturated rings. The number of carbonyl (C=O) groups excluding carboxylic acids is 1. The van der Waals surface area contributed by atoms with E-state index in [0.29, 0.717) is 17.9 Å². The number of urea groups is 1. The number of alkyl halides is 2. The quantitative estimate of drug-likeness (QED) is 0.587. The third-order valence-corrected chi connectivity index (χ3v) is 5.99. The maximum absolute atomic E-state index is 12.9. The highest BCUT2D eigenvalue weighted by atomic mass is 19.3. The van der Waals surface area contributed by atoms with Crippen LogP contribution in [0.2, 0.25) is 0 Å². The highest BCUT2D eigenvalue weighted by Crippen LogP contribution is 2.49. The number of anilines is 1. The first-order valence-corrected chi connectivity index (χ1v) is 10.2. The van der Waals surface area contributed by atoms with Gasteiger partial charge in [-0.2, -0.15) is 8.78 Å². The molecule has 0 saturated heterocycles. The minimum absolute atomic E-state index is 0.0395. The Labute approximate surface area is 177 Å². The molecule has 1 aliphatic carbocycles. The molecule has 0 bridgehead atoms. The number of amides is 2. The van der Waals surface area contributed by atoms with Gasteiger partial charge in [0.15, 0.2) is 0 Å². The van der Waals surface area contributed by atoms with Crippen molar-refractivity contribution in [2.45, 2.75) is 43.9 Å². The Balaban J connectivity index is 1.38. The monoisotopic (exact) mass is 425 g/mol. The van der Waals surface area contributed by atoms with Crippen molar-refractivity contribution >= 4 is 22.5 Å². The van der Waals surface area contributed by atoms with Gasteiger partial charge in [0.25, 0.3) is 0 Å². The van der Waals surface area contributed by atoms with Crippen LogP contribution in [-0.2, 0) is 0 Å². The Hall–Kier alpha value is -3.42. The van der Waals surface area contributed by atoms with Crippen LogP contribution in [-0.4, -0.2) is 23.2 Å². The molecule has 160 valence electrons. The van der Waals surface area contributed by atoms with Gasteiger partial charge in [-0.3, -0.25) is 4.98 Å². The van der Waals surface area contributed by atoms with Crippen LogP contribution in [0.4, 0.5) is 19.3 Å². The summed E-state index contributed by atoms with van der Waals surface area (Å²) in [5.74, 6) is 0.517. The van der Waals surface area contributed by atoms with Gasteiger partial charge in [0, 0.05) is 41.2 Å². The van der Waals surface area contributed by atoms with E-state index < -0.39 is 6.61 Å². The highest BCUT2D eigenvalue weighted by Gasteiger charge is 2.46. The van der Waals surface area contributed by atoms with E-state index in [2.05, 4.69) is 20.4 Å². The summed E-state index contributed by atoms with van der Waals surface area (Å²) in [5, 5.41) is 7.78. The van der Waals surface area contributed by atoms with Gasteiger partial charge in [-0.05, 0) is 43.5 Å². The van der Waals surface area contributed by atoms with Crippen molar-refractivity contribution in [2.24, 2.45) is 0 Å². The molecule has 2 aromatic carbocycles. The first-order valence-electron chi connectivity index (χ1n) is 10.2. The van der Waals surface area contributed by atoms with Crippen LogP contribution < -0.4 is 20.1 Å². The summed E-state index contributed by atoms with van der Waals surface area (Å²) in [4.78, 5) is 17.0. The van der Waals surface area contributed by atoms with Crippen molar-refractivity contribution < 1.29 is 23.0 Å². The number of hydrogen-bond donors (Lipinski definition) is 2. The van der Waals surface area contributed by atoms with Gasteiger partial charge >= 0.3 is 12.6 Å². The number of pyridine rings is 1. The molecule has 1 atom stereocenters. The van der Waals surface area contributed by atoms with E-state index in [1.54, 1.807) is 18.5 Å². The molecule has 31 heavy (non-hydrogen) atoms. The Morgan fingerprint density at radius 3 is 2.87 bits per heavy atom. The lowest BCUT2D eigenvalue weighted by Crippen LogP contribution is -2.50. The fourth-order valence-electron chi connectivity index (χ4n) is 4.38. The van der Waals surface area contributed by atoms with E-state index in [-0.39, 0.29) is 23.4 Å². The number of hydrogen-bond acceptors (Lipinski definition) is 4. The molecular formula is C23H21F2N3O3. The highest BCUT2D eigenvalue weighted by molar-refractivity contribution is 6.01. The summed E-state index contributed by atoms with van der Waals surface area (Å²) < 4.78 is 35.9. The van der Waals surface area contributed by atoms with Crippen LogP contribution >= 0.6 is 0 Å². The molecule has 1 saturated carbocycles. The van der Waals surface area contributed by atoms with E-state index in [9.17, 15) is 13.6 Å². The van der Waals surface area contributed by atoms with Crippen LogP contribution in [0.5, 0.6) is 11.5 Å². The Kier molecular flexibility index (Phi) is 4.84. The van der Waals surface area contributed by atoms with E-state index in [1.807, 2.05) is 24.3 Å². The summed E-state index contributed by atoms with van der Waals surface area (Å²) >= 11 is 0. The lowest BCUT2D eigenvalue weighted by atomic mass is 9.73. The number of fused-ring (bicyclic) bond motifs is 2. The third kappa shape index (κ3) is 3.85. The molecule has 2 N–H and O–H groups in total. The second-order valence-corrected chi connectivity index (χ2v) is 7.97. The fourth-order valence-corrected chi connectivity index (χ4v) is 4.38. The molecule has 8 heteroatoms. The summed E-state index contributed by atoms with van der Waals surface area (Å²) in [6, 6.07) is 11.4. The minimum Gasteiger partial charge on any atom is -0.487 e.